The topological polar surface area (TPSA) is 50.2 Å². The van der Waals surface area contributed by atoms with Crippen molar-refractivity contribution in [2.24, 2.45) is 0 Å². The number of ketones is 1. The molecule has 0 unspecified atom stereocenters. The molecule has 1 heterocycles. The Hall–Kier alpha value is -2.55. The van der Waals surface area contributed by atoms with Crippen molar-refractivity contribution in [3.05, 3.63) is 102 Å². The van der Waals surface area contributed by atoms with E-state index >= 15 is 0 Å². The number of aliphatic hydroxyl groups is 1. The van der Waals surface area contributed by atoms with E-state index in [-0.39, 0.29) is 31.6 Å². The molecular formula is C24H24IrNO2-. The van der Waals surface area contributed by atoms with E-state index in [9.17, 15) is 9.90 Å². The summed E-state index contributed by atoms with van der Waals surface area (Å²) in [5.41, 5.74) is 4.41. The minimum absolute atomic E-state index is 0. The van der Waals surface area contributed by atoms with Crippen molar-refractivity contribution in [3.8, 4) is 11.3 Å². The van der Waals surface area contributed by atoms with Crippen LogP contribution in [0.2, 0.25) is 0 Å². The van der Waals surface area contributed by atoms with Crippen molar-refractivity contribution in [3.63, 3.8) is 0 Å². The van der Waals surface area contributed by atoms with Gasteiger partial charge in [0.25, 0.3) is 0 Å². The van der Waals surface area contributed by atoms with Gasteiger partial charge in [0.05, 0.1) is 5.76 Å². The third-order valence-corrected chi connectivity index (χ3v) is 3.81. The van der Waals surface area contributed by atoms with Gasteiger partial charge in [-0.05, 0) is 37.6 Å². The maximum Gasteiger partial charge on any atom is 0.155 e. The fourth-order valence-electron chi connectivity index (χ4n) is 2.41. The van der Waals surface area contributed by atoms with Crippen LogP contribution in [0, 0.1) is 13.0 Å². The van der Waals surface area contributed by atoms with E-state index in [1.807, 2.05) is 73.7 Å². The molecule has 0 fully saturated rings. The molecule has 0 saturated carbocycles. The number of carbonyl (C=O) groups is 1. The van der Waals surface area contributed by atoms with E-state index < -0.39 is 0 Å². The second-order valence-corrected chi connectivity index (χ2v) is 6.22. The molecule has 0 spiro atoms. The van der Waals surface area contributed by atoms with Gasteiger partial charge in [-0.2, -0.15) is 0 Å². The van der Waals surface area contributed by atoms with Crippen molar-refractivity contribution >= 4 is 5.78 Å². The monoisotopic (exact) mass is 551 g/mol. The molecule has 0 aliphatic rings. The van der Waals surface area contributed by atoms with Crippen LogP contribution in [-0.4, -0.2) is 15.9 Å². The molecule has 28 heavy (non-hydrogen) atoms. The minimum atomic E-state index is -0.114. The molecule has 3 aromatic rings. The fraction of sp³-hybridized carbons (Fsp3) is 0.167. The molecule has 4 heteroatoms. The molecular weight excluding hydrogens is 526 g/mol. The average molecular weight is 551 g/mol. The number of aryl methyl sites for hydroxylation is 2. The summed E-state index contributed by atoms with van der Waals surface area (Å²) in [5, 5.41) is 9.38. The van der Waals surface area contributed by atoms with Crippen LogP contribution in [0.4, 0.5) is 0 Å². The molecule has 1 N–H and O–H groups in total. The van der Waals surface area contributed by atoms with Crippen molar-refractivity contribution in [2.75, 3.05) is 0 Å². The Morgan fingerprint density at radius 1 is 1.07 bits per heavy atom. The van der Waals surface area contributed by atoms with Gasteiger partial charge in [-0.25, -0.2) is 0 Å². The third kappa shape index (κ3) is 8.90. The van der Waals surface area contributed by atoms with Gasteiger partial charge < -0.3 is 10.1 Å². The average Bonchev–Trinajstić information content (AvgIpc) is 2.69. The van der Waals surface area contributed by atoms with Crippen LogP contribution in [0.1, 0.15) is 24.5 Å². The number of rotatable bonds is 5. The molecule has 3 rings (SSSR count). The smallest absolute Gasteiger partial charge is 0.155 e. The molecule has 0 saturated heterocycles. The van der Waals surface area contributed by atoms with Crippen LogP contribution in [0.25, 0.3) is 11.3 Å². The third-order valence-electron chi connectivity index (χ3n) is 3.81. The first-order valence-electron chi connectivity index (χ1n) is 8.88. The Balaban J connectivity index is 0.000000275. The van der Waals surface area contributed by atoms with Crippen molar-refractivity contribution in [1.82, 2.24) is 4.98 Å². The summed E-state index contributed by atoms with van der Waals surface area (Å²) >= 11 is 0. The molecule has 0 bridgehead atoms. The van der Waals surface area contributed by atoms with Gasteiger partial charge in [0.2, 0.25) is 0 Å². The first-order valence-corrected chi connectivity index (χ1v) is 8.88. The molecule has 0 aliphatic carbocycles. The van der Waals surface area contributed by atoms with E-state index in [4.69, 9.17) is 0 Å². The van der Waals surface area contributed by atoms with Crippen LogP contribution < -0.4 is 0 Å². The molecule has 0 atom stereocenters. The zero-order valence-corrected chi connectivity index (χ0v) is 18.5. The van der Waals surface area contributed by atoms with Crippen molar-refractivity contribution in [2.45, 2.75) is 26.7 Å². The number of allylic oxidation sites excluding steroid dienone is 2. The molecule has 147 valence electrons. The number of pyridine rings is 1. The summed E-state index contributed by atoms with van der Waals surface area (Å²) in [6, 6.07) is 25.0. The Morgan fingerprint density at radius 2 is 1.79 bits per heavy atom. The largest absolute Gasteiger partial charge is 0.512 e. The number of hydrogen-bond donors (Lipinski definition) is 1. The van der Waals surface area contributed by atoms with Crippen molar-refractivity contribution in [1.29, 1.82) is 0 Å². The van der Waals surface area contributed by atoms with E-state index in [2.05, 4.69) is 11.1 Å². The molecule has 0 aliphatic heterocycles. The molecule has 2 aromatic carbocycles. The first kappa shape index (κ1) is 23.5. The fourth-order valence-corrected chi connectivity index (χ4v) is 2.41. The van der Waals surface area contributed by atoms with E-state index in [0.717, 1.165) is 17.7 Å². The second-order valence-electron chi connectivity index (χ2n) is 6.22. The van der Waals surface area contributed by atoms with Gasteiger partial charge in [-0.3, -0.25) is 4.79 Å². The standard InChI is InChI=1S/C13H16O2.C11H8N.Ir/c1-10-3-5-12(6-4-10)7-8-13(15)9-11(2)14;1-2-6-10(7-3-1)11-8-4-5-9-12-11;/h3-6,9,15H,7-8H2,1-2H3;1-6,8-9H;/q;-1;. The van der Waals surface area contributed by atoms with Crippen LogP contribution in [0.15, 0.2) is 84.8 Å². The number of benzene rings is 2. The van der Waals surface area contributed by atoms with Crippen LogP contribution in [0.5, 0.6) is 0 Å². The van der Waals surface area contributed by atoms with E-state index in [1.165, 1.54) is 24.1 Å². The second kappa shape index (κ2) is 12.8. The molecule has 0 amide bonds. The minimum Gasteiger partial charge on any atom is -0.512 e. The maximum atomic E-state index is 10.7. The predicted molar refractivity (Wildman–Crippen MR) is 109 cm³/mol. The van der Waals surface area contributed by atoms with Gasteiger partial charge in [-0.1, -0.05) is 42.0 Å². The SMILES string of the molecule is CC(=O)C=C(O)CCc1ccc(C)cc1.[Ir].[c-]1ccccc1-c1ccccn1. The number of carbonyl (C=O) groups excluding carboxylic acids is 1. The van der Waals surface area contributed by atoms with Gasteiger partial charge >= 0.3 is 0 Å². The number of aliphatic hydroxyl groups excluding tert-OH is 1. The Morgan fingerprint density at radius 3 is 2.36 bits per heavy atom. The summed E-state index contributed by atoms with van der Waals surface area (Å²) in [5.74, 6) is 0.0412. The number of nitrogens with zero attached hydrogens (tertiary/aromatic N) is 1. The summed E-state index contributed by atoms with van der Waals surface area (Å²) in [6.45, 7) is 3.47. The Labute approximate surface area is 180 Å². The van der Waals surface area contributed by atoms with Gasteiger partial charge in [0.15, 0.2) is 5.78 Å². The molecule has 1 aromatic heterocycles. The van der Waals surface area contributed by atoms with Gasteiger partial charge in [0.1, 0.15) is 0 Å². The van der Waals surface area contributed by atoms with E-state index in [1.54, 1.807) is 6.20 Å². The molecule has 1 radical (unpaired) electrons. The van der Waals surface area contributed by atoms with Crippen LogP contribution in [0.3, 0.4) is 0 Å². The zero-order valence-electron chi connectivity index (χ0n) is 16.1. The summed E-state index contributed by atoms with van der Waals surface area (Å²) < 4.78 is 0. The summed E-state index contributed by atoms with van der Waals surface area (Å²) in [4.78, 5) is 14.9. The first-order chi connectivity index (χ1) is 13.0. The maximum absolute atomic E-state index is 10.7. The number of hydrogen-bond acceptors (Lipinski definition) is 3. The van der Waals surface area contributed by atoms with Crippen molar-refractivity contribution < 1.29 is 30.0 Å². The zero-order chi connectivity index (χ0) is 19.5. The quantitative estimate of drug-likeness (QED) is 0.259. The van der Waals surface area contributed by atoms with Gasteiger partial charge in [0, 0.05) is 38.8 Å². The van der Waals surface area contributed by atoms with Crippen LogP contribution in [-0.2, 0) is 31.3 Å². The predicted octanol–water partition coefficient (Wildman–Crippen LogP) is 5.50. The van der Waals surface area contributed by atoms with Gasteiger partial charge in [-0.15, -0.1) is 35.9 Å². The normalized spacial score (nSPS) is 10.3. The molecule has 3 nitrogen and oxygen atoms in total. The number of aromatic nitrogens is 1. The Kier molecular flexibility index (Phi) is 10.7. The van der Waals surface area contributed by atoms with Crippen LogP contribution >= 0.6 is 0 Å². The Bertz CT molecular complexity index is 823. The summed E-state index contributed by atoms with van der Waals surface area (Å²) in [6.07, 6.45) is 4.34. The summed E-state index contributed by atoms with van der Waals surface area (Å²) in [7, 11) is 0. The van der Waals surface area contributed by atoms with E-state index in [0.29, 0.717) is 6.42 Å².